The number of hydrogen-bond acceptors (Lipinski definition) is 3. The summed E-state index contributed by atoms with van der Waals surface area (Å²) >= 11 is 0. The van der Waals surface area contributed by atoms with Crippen molar-refractivity contribution in [1.29, 1.82) is 0 Å². The highest BCUT2D eigenvalue weighted by Gasteiger charge is 2.19. The van der Waals surface area contributed by atoms with Crippen molar-refractivity contribution in [3.63, 3.8) is 0 Å². The average molecular weight is 314 g/mol. The van der Waals surface area contributed by atoms with Crippen LogP contribution in [0.25, 0.3) is 0 Å². The number of rotatable bonds is 5. The van der Waals surface area contributed by atoms with Crippen molar-refractivity contribution in [2.75, 3.05) is 0 Å². The van der Waals surface area contributed by atoms with Crippen LogP contribution in [0.2, 0.25) is 0 Å². The summed E-state index contributed by atoms with van der Waals surface area (Å²) in [7, 11) is 0. The summed E-state index contributed by atoms with van der Waals surface area (Å²) in [6, 6.07) is 8.30. The molecule has 23 heavy (non-hydrogen) atoms. The van der Waals surface area contributed by atoms with Crippen LogP contribution in [-0.2, 0) is 11.2 Å². The van der Waals surface area contributed by atoms with E-state index in [1.165, 1.54) is 0 Å². The third kappa shape index (κ3) is 3.51. The number of benzene rings is 2. The van der Waals surface area contributed by atoms with Gasteiger partial charge in [0.1, 0.15) is 17.1 Å². The molecule has 0 aliphatic rings. The fraction of sp³-hybridized carbons (Fsp3) is 0.222. The number of aliphatic carboxylic acids is 1. The van der Waals surface area contributed by atoms with Gasteiger partial charge in [0.05, 0.1) is 6.42 Å². The van der Waals surface area contributed by atoms with E-state index in [1.54, 1.807) is 37.3 Å². The lowest BCUT2D eigenvalue weighted by Crippen LogP contribution is -2.07. The molecule has 0 saturated heterocycles. The molecular weight excluding hydrogens is 296 g/mol. The monoisotopic (exact) mass is 314 g/mol. The number of aromatic carboxylic acids is 1. The van der Waals surface area contributed by atoms with E-state index < -0.39 is 11.9 Å². The quantitative estimate of drug-likeness (QED) is 0.878. The number of para-hydroxylation sites is 1. The largest absolute Gasteiger partial charge is 0.481 e. The number of ether oxygens (including phenoxy) is 1. The van der Waals surface area contributed by atoms with Gasteiger partial charge in [-0.25, -0.2) is 4.79 Å². The van der Waals surface area contributed by atoms with Crippen molar-refractivity contribution in [2.45, 2.75) is 27.2 Å². The van der Waals surface area contributed by atoms with Crippen LogP contribution in [0, 0.1) is 20.8 Å². The zero-order valence-electron chi connectivity index (χ0n) is 13.2. The minimum absolute atomic E-state index is 0.0655. The second kappa shape index (κ2) is 6.52. The van der Waals surface area contributed by atoms with Gasteiger partial charge < -0.3 is 14.9 Å². The number of hydrogen-bond donors (Lipinski definition) is 2. The maximum absolute atomic E-state index is 11.5. The number of carbonyl (C=O) groups is 2. The second-order valence-electron chi connectivity index (χ2n) is 5.41. The number of aryl methyl sites for hydroxylation is 1. The van der Waals surface area contributed by atoms with Crippen molar-refractivity contribution in [2.24, 2.45) is 0 Å². The second-order valence-corrected chi connectivity index (χ2v) is 5.41. The van der Waals surface area contributed by atoms with Gasteiger partial charge in [-0.1, -0.05) is 18.2 Å². The Morgan fingerprint density at radius 3 is 2.30 bits per heavy atom. The van der Waals surface area contributed by atoms with Gasteiger partial charge in [0, 0.05) is 5.56 Å². The molecule has 0 aliphatic carbocycles. The summed E-state index contributed by atoms with van der Waals surface area (Å²) in [4.78, 5) is 22.5. The Morgan fingerprint density at radius 1 is 1.04 bits per heavy atom. The van der Waals surface area contributed by atoms with E-state index in [0.29, 0.717) is 11.3 Å². The Hall–Kier alpha value is -2.82. The molecule has 0 radical (unpaired) electrons. The molecular formula is C18H18O5. The van der Waals surface area contributed by atoms with E-state index in [0.717, 1.165) is 16.7 Å². The molecule has 0 atom stereocenters. The maximum atomic E-state index is 11.5. The number of carboxylic acids is 2. The summed E-state index contributed by atoms with van der Waals surface area (Å²) in [5.41, 5.74) is 3.10. The fourth-order valence-electron chi connectivity index (χ4n) is 2.37. The average Bonchev–Trinajstić information content (AvgIpc) is 2.48. The third-order valence-corrected chi connectivity index (χ3v) is 3.86. The molecule has 0 saturated carbocycles. The van der Waals surface area contributed by atoms with Gasteiger partial charge in [-0.15, -0.1) is 0 Å². The van der Waals surface area contributed by atoms with E-state index >= 15 is 0 Å². The third-order valence-electron chi connectivity index (χ3n) is 3.86. The Balaban J connectivity index is 2.55. The predicted molar refractivity (Wildman–Crippen MR) is 85.5 cm³/mol. The molecule has 0 bridgehead atoms. The van der Waals surface area contributed by atoms with Crippen LogP contribution >= 0.6 is 0 Å². The molecule has 2 aromatic carbocycles. The number of carboxylic acid groups (broad SMARTS) is 2. The molecule has 2 aromatic rings. The molecule has 2 rings (SSSR count). The van der Waals surface area contributed by atoms with Crippen molar-refractivity contribution in [3.8, 4) is 11.5 Å². The summed E-state index contributed by atoms with van der Waals surface area (Å²) in [5.74, 6) is -1.46. The highest BCUT2D eigenvalue weighted by atomic mass is 16.5. The molecule has 5 heteroatoms. The molecule has 0 aromatic heterocycles. The lowest BCUT2D eigenvalue weighted by Gasteiger charge is -2.17. The first kappa shape index (κ1) is 16.5. The van der Waals surface area contributed by atoms with Gasteiger partial charge in [0.2, 0.25) is 0 Å². The minimum atomic E-state index is -1.08. The first-order valence-electron chi connectivity index (χ1n) is 7.13. The standard InChI is InChI=1S/C18H18O5/c1-10-8-14(18(21)22)17(12(3)11(10)2)23-15-7-5-4-6-13(15)9-16(19)20/h4-8H,9H2,1-3H3,(H,19,20)(H,21,22). The summed E-state index contributed by atoms with van der Waals surface area (Å²) in [6.45, 7) is 5.53. The molecule has 5 nitrogen and oxygen atoms in total. The molecule has 120 valence electrons. The smallest absolute Gasteiger partial charge is 0.339 e. The molecule has 0 aliphatic heterocycles. The molecule has 0 heterocycles. The van der Waals surface area contributed by atoms with Crippen molar-refractivity contribution < 1.29 is 24.5 Å². The summed E-state index contributed by atoms with van der Waals surface area (Å²) in [6.07, 6.45) is -0.192. The van der Waals surface area contributed by atoms with E-state index in [-0.39, 0.29) is 17.7 Å². The molecule has 0 amide bonds. The molecule has 0 unspecified atom stereocenters. The van der Waals surface area contributed by atoms with Gasteiger partial charge in [-0.2, -0.15) is 0 Å². The van der Waals surface area contributed by atoms with Gasteiger partial charge in [-0.05, 0) is 49.6 Å². The Morgan fingerprint density at radius 2 is 1.70 bits per heavy atom. The van der Waals surface area contributed by atoms with Gasteiger partial charge in [0.25, 0.3) is 0 Å². The highest BCUT2D eigenvalue weighted by Crippen LogP contribution is 2.34. The molecule has 0 fully saturated rings. The first-order chi connectivity index (χ1) is 10.8. The van der Waals surface area contributed by atoms with E-state index in [2.05, 4.69) is 0 Å². The van der Waals surface area contributed by atoms with Crippen molar-refractivity contribution >= 4 is 11.9 Å². The van der Waals surface area contributed by atoms with Crippen LogP contribution in [0.4, 0.5) is 0 Å². The van der Waals surface area contributed by atoms with Crippen LogP contribution in [0.3, 0.4) is 0 Å². The summed E-state index contributed by atoms with van der Waals surface area (Å²) in [5, 5.41) is 18.4. The van der Waals surface area contributed by atoms with Crippen molar-refractivity contribution in [3.05, 3.63) is 58.1 Å². The normalized spacial score (nSPS) is 10.4. The van der Waals surface area contributed by atoms with Crippen molar-refractivity contribution in [1.82, 2.24) is 0 Å². The van der Waals surface area contributed by atoms with E-state index in [4.69, 9.17) is 9.84 Å². The Labute approximate surface area is 134 Å². The Bertz CT molecular complexity index is 777. The van der Waals surface area contributed by atoms with Crippen LogP contribution in [0.1, 0.15) is 32.6 Å². The maximum Gasteiger partial charge on any atom is 0.339 e. The summed E-state index contributed by atoms with van der Waals surface area (Å²) < 4.78 is 5.83. The fourth-order valence-corrected chi connectivity index (χ4v) is 2.37. The molecule has 2 N–H and O–H groups in total. The van der Waals surface area contributed by atoms with Gasteiger partial charge in [0.15, 0.2) is 0 Å². The van der Waals surface area contributed by atoms with Crippen LogP contribution < -0.4 is 4.74 Å². The minimum Gasteiger partial charge on any atom is -0.481 e. The lowest BCUT2D eigenvalue weighted by molar-refractivity contribution is -0.136. The zero-order valence-corrected chi connectivity index (χ0v) is 13.2. The zero-order chi connectivity index (χ0) is 17.1. The van der Waals surface area contributed by atoms with E-state index in [9.17, 15) is 14.7 Å². The van der Waals surface area contributed by atoms with Crippen LogP contribution in [0.5, 0.6) is 11.5 Å². The van der Waals surface area contributed by atoms with Crippen LogP contribution in [0.15, 0.2) is 30.3 Å². The SMILES string of the molecule is Cc1cc(C(=O)O)c(Oc2ccccc2CC(=O)O)c(C)c1C. The Kier molecular flexibility index (Phi) is 4.69. The van der Waals surface area contributed by atoms with Crippen LogP contribution in [-0.4, -0.2) is 22.2 Å². The highest BCUT2D eigenvalue weighted by molar-refractivity contribution is 5.92. The van der Waals surface area contributed by atoms with Gasteiger partial charge >= 0.3 is 11.9 Å². The van der Waals surface area contributed by atoms with E-state index in [1.807, 2.05) is 13.8 Å². The molecule has 0 spiro atoms. The predicted octanol–water partition coefficient (Wildman–Crippen LogP) is 3.73. The van der Waals surface area contributed by atoms with Gasteiger partial charge in [-0.3, -0.25) is 4.79 Å². The first-order valence-corrected chi connectivity index (χ1v) is 7.13. The topological polar surface area (TPSA) is 83.8 Å². The lowest BCUT2D eigenvalue weighted by atomic mass is 9.99.